The van der Waals surface area contributed by atoms with E-state index >= 15 is 0 Å². The number of hydrogen-bond donors (Lipinski definition) is 1. The minimum atomic E-state index is 0.702. The lowest BCUT2D eigenvalue weighted by molar-refractivity contribution is 0.928. The number of rotatable bonds is 2. The lowest BCUT2D eigenvalue weighted by Crippen LogP contribution is -1.90. The fourth-order valence-corrected chi connectivity index (χ4v) is 1.77. The predicted molar refractivity (Wildman–Crippen MR) is 57.3 cm³/mol. The van der Waals surface area contributed by atoms with Gasteiger partial charge in [-0.3, -0.25) is 0 Å². The van der Waals surface area contributed by atoms with E-state index in [1.54, 1.807) is 0 Å². The molecule has 2 aromatic heterocycles. The topological polar surface area (TPSA) is 17.3 Å². The number of nitrogens with zero attached hydrogens (tertiary/aromatic N) is 2. The van der Waals surface area contributed by atoms with Crippen LogP contribution in [0, 0.1) is 0 Å². The van der Waals surface area contributed by atoms with Crippen molar-refractivity contribution in [2.75, 3.05) is 0 Å². The smallest absolute Gasteiger partial charge is 0.113 e. The van der Waals surface area contributed by atoms with E-state index in [0.717, 1.165) is 17.9 Å². The number of aryl methyl sites for hydroxylation is 1. The molecule has 2 nitrogen and oxygen atoms in total. The predicted octanol–water partition coefficient (Wildman–Crippen LogP) is 2.33. The Bertz CT molecular complexity index is 382. The van der Waals surface area contributed by atoms with Crippen molar-refractivity contribution < 1.29 is 0 Å². The Morgan fingerprint density at radius 3 is 3.00 bits per heavy atom. The van der Waals surface area contributed by atoms with Crippen LogP contribution < -0.4 is 0 Å². The van der Waals surface area contributed by atoms with Gasteiger partial charge in [0.2, 0.25) is 0 Å². The molecular weight excluding hydrogens is 180 g/mol. The average Bonchev–Trinajstić information content (AvgIpc) is 2.56. The monoisotopic (exact) mass is 192 g/mol. The summed E-state index contributed by atoms with van der Waals surface area (Å²) in [6.07, 6.45) is 3.01. The molecule has 13 heavy (non-hydrogen) atoms. The largest absolute Gasteiger partial charge is 0.303 e. The molecule has 0 atom stereocenters. The number of pyridine rings is 1. The molecule has 0 aliphatic heterocycles. The molecule has 0 bridgehead atoms. The van der Waals surface area contributed by atoms with Crippen molar-refractivity contribution >= 4 is 18.1 Å². The summed E-state index contributed by atoms with van der Waals surface area (Å²) in [4.78, 5) is 4.51. The quantitative estimate of drug-likeness (QED) is 0.723. The first kappa shape index (κ1) is 8.63. The highest BCUT2D eigenvalue weighted by Crippen LogP contribution is 2.14. The van der Waals surface area contributed by atoms with Crippen molar-refractivity contribution in [2.45, 2.75) is 19.1 Å². The molecule has 0 radical (unpaired) electrons. The van der Waals surface area contributed by atoms with E-state index in [4.69, 9.17) is 0 Å². The first-order valence-corrected chi connectivity index (χ1v) is 5.05. The highest BCUT2D eigenvalue weighted by Gasteiger charge is 2.06. The summed E-state index contributed by atoms with van der Waals surface area (Å²) < 4.78 is 2.13. The molecule has 0 fully saturated rings. The lowest BCUT2D eigenvalue weighted by Gasteiger charge is -1.95. The Morgan fingerprint density at radius 1 is 1.46 bits per heavy atom. The van der Waals surface area contributed by atoms with Crippen LogP contribution in [-0.2, 0) is 12.2 Å². The second kappa shape index (κ2) is 3.42. The van der Waals surface area contributed by atoms with Crippen molar-refractivity contribution in [1.29, 1.82) is 0 Å². The van der Waals surface area contributed by atoms with Gasteiger partial charge in [-0.25, -0.2) is 4.98 Å². The molecule has 0 unspecified atom stereocenters. The van der Waals surface area contributed by atoms with Gasteiger partial charge in [0.15, 0.2) is 0 Å². The van der Waals surface area contributed by atoms with Crippen LogP contribution in [0.4, 0.5) is 0 Å². The molecule has 2 rings (SSSR count). The van der Waals surface area contributed by atoms with Gasteiger partial charge in [0.25, 0.3) is 0 Å². The Balaban J connectivity index is 2.74. The highest BCUT2D eigenvalue weighted by atomic mass is 32.1. The van der Waals surface area contributed by atoms with E-state index in [1.807, 2.05) is 18.3 Å². The minimum Gasteiger partial charge on any atom is -0.303 e. The van der Waals surface area contributed by atoms with Gasteiger partial charge in [-0.1, -0.05) is 13.0 Å². The molecule has 0 amide bonds. The zero-order valence-electron chi connectivity index (χ0n) is 7.57. The molecule has 0 saturated heterocycles. The van der Waals surface area contributed by atoms with Crippen molar-refractivity contribution in [1.82, 2.24) is 9.38 Å². The van der Waals surface area contributed by atoms with Gasteiger partial charge in [-0.2, -0.15) is 12.6 Å². The molecule has 0 N–H and O–H groups in total. The highest BCUT2D eigenvalue weighted by molar-refractivity contribution is 7.79. The van der Waals surface area contributed by atoms with Crippen molar-refractivity contribution in [3.63, 3.8) is 0 Å². The van der Waals surface area contributed by atoms with Crippen LogP contribution in [0.15, 0.2) is 24.4 Å². The number of thiol groups is 1. The first-order chi connectivity index (χ1) is 6.36. The summed E-state index contributed by atoms with van der Waals surface area (Å²) in [6.45, 7) is 2.12. The second-order valence-corrected chi connectivity index (χ2v) is 3.26. The van der Waals surface area contributed by atoms with Gasteiger partial charge in [0, 0.05) is 18.4 Å². The fraction of sp³-hybridized carbons (Fsp3) is 0.300. The van der Waals surface area contributed by atoms with Crippen molar-refractivity contribution in [3.8, 4) is 0 Å². The van der Waals surface area contributed by atoms with E-state index in [2.05, 4.69) is 35.0 Å². The standard InChI is InChI=1S/C10H12N2S/c1-2-10-11-8(7-13)9-5-3-4-6-12(9)10/h3-6,13H,2,7H2,1H3. The molecule has 0 aliphatic rings. The Kier molecular flexibility index (Phi) is 2.27. The second-order valence-electron chi connectivity index (χ2n) is 2.94. The maximum absolute atomic E-state index is 4.51. The van der Waals surface area contributed by atoms with Crippen LogP contribution in [0.25, 0.3) is 5.52 Å². The number of fused-ring (bicyclic) bond motifs is 1. The van der Waals surface area contributed by atoms with Crippen LogP contribution >= 0.6 is 12.6 Å². The van der Waals surface area contributed by atoms with Crippen molar-refractivity contribution in [3.05, 3.63) is 35.9 Å². The molecule has 2 aromatic rings. The van der Waals surface area contributed by atoms with Gasteiger partial charge in [0.1, 0.15) is 5.82 Å². The van der Waals surface area contributed by atoms with Gasteiger partial charge >= 0.3 is 0 Å². The summed E-state index contributed by atoms with van der Waals surface area (Å²) >= 11 is 4.26. The van der Waals surface area contributed by atoms with Crippen LogP contribution in [0.1, 0.15) is 18.4 Å². The molecule has 0 saturated carbocycles. The molecule has 3 heteroatoms. The molecule has 68 valence electrons. The van der Waals surface area contributed by atoms with Gasteiger partial charge in [-0.15, -0.1) is 0 Å². The number of aromatic nitrogens is 2. The molecule has 0 aromatic carbocycles. The zero-order valence-corrected chi connectivity index (χ0v) is 8.46. The normalized spacial score (nSPS) is 10.9. The van der Waals surface area contributed by atoms with Gasteiger partial charge in [-0.05, 0) is 12.1 Å². The van der Waals surface area contributed by atoms with Crippen LogP contribution in [0.2, 0.25) is 0 Å². The number of hydrogen-bond acceptors (Lipinski definition) is 2. The Morgan fingerprint density at radius 2 is 2.31 bits per heavy atom. The van der Waals surface area contributed by atoms with E-state index in [9.17, 15) is 0 Å². The maximum Gasteiger partial charge on any atom is 0.113 e. The summed E-state index contributed by atoms with van der Waals surface area (Å²) in [5.74, 6) is 1.81. The summed E-state index contributed by atoms with van der Waals surface area (Å²) in [6, 6.07) is 6.14. The van der Waals surface area contributed by atoms with Gasteiger partial charge < -0.3 is 4.40 Å². The van der Waals surface area contributed by atoms with Crippen LogP contribution in [0.5, 0.6) is 0 Å². The summed E-state index contributed by atoms with van der Waals surface area (Å²) in [5, 5.41) is 0. The summed E-state index contributed by atoms with van der Waals surface area (Å²) in [7, 11) is 0. The minimum absolute atomic E-state index is 0.702. The zero-order chi connectivity index (χ0) is 9.26. The average molecular weight is 192 g/mol. The molecule has 0 spiro atoms. The number of imidazole rings is 1. The fourth-order valence-electron chi connectivity index (χ4n) is 1.54. The Labute approximate surface area is 83.0 Å². The van der Waals surface area contributed by atoms with Crippen LogP contribution in [0.3, 0.4) is 0 Å². The van der Waals surface area contributed by atoms with Gasteiger partial charge in [0.05, 0.1) is 11.2 Å². The van der Waals surface area contributed by atoms with E-state index in [-0.39, 0.29) is 0 Å². The third kappa shape index (κ3) is 1.33. The lowest BCUT2D eigenvalue weighted by atomic mass is 10.3. The van der Waals surface area contributed by atoms with E-state index in [1.165, 1.54) is 5.52 Å². The third-order valence-electron chi connectivity index (χ3n) is 2.16. The maximum atomic E-state index is 4.51. The van der Waals surface area contributed by atoms with Crippen molar-refractivity contribution in [2.24, 2.45) is 0 Å². The van der Waals surface area contributed by atoms with E-state index in [0.29, 0.717) is 5.75 Å². The molecular formula is C10H12N2S. The third-order valence-corrected chi connectivity index (χ3v) is 2.46. The molecule has 0 aliphatic carbocycles. The summed E-state index contributed by atoms with van der Waals surface area (Å²) in [5.41, 5.74) is 2.25. The first-order valence-electron chi connectivity index (χ1n) is 4.42. The SMILES string of the molecule is CCc1nc(CS)c2ccccn12. The van der Waals surface area contributed by atoms with E-state index < -0.39 is 0 Å². The Hall–Kier alpha value is -0.960. The molecule has 2 heterocycles. The van der Waals surface area contributed by atoms with Crippen LogP contribution in [-0.4, -0.2) is 9.38 Å².